The fourth-order valence-electron chi connectivity index (χ4n) is 3.33. The van der Waals surface area contributed by atoms with Crippen LogP contribution in [0.2, 0.25) is 0 Å². The Labute approximate surface area is 181 Å². The minimum Gasteiger partial charge on any atom is -0.489 e. The van der Waals surface area contributed by atoms with Crippen LogP contribution in [0.25, 0.3) is 0 Å². The van der Waals surface area contributed by atoms with Crippen LogP contribution in [0.5, 0.6) is 5.75 Å². The second kappa shape index (κ2) is 9.98. The van der Waals surface area contributed by atoms with Crippen LogP contribution in [0.3, 0.4) is 0 Å². The lowest BCUT2D eigenvalue weighted by molar-refractivity contribution is -0.137. The van der Waals surface area contributed by atoms with E-state index >= 15 is 0 Å². The summed E-state index contributed by atoms with van der Waals surface area (Å²) in [6.45, 7) is 2.07. The third-order valence-corrected chi connectivity index (χ3v) is 4.87. The Balaban J connectivity index is 1.94. The lowest BCUT2D eigenvalue weighted by Crippen LogP contribution is -2.37. The van der Waals surface area contributed by atoms with Gasteiger partial charge in [-0.25, -0.2) is 9.37 Å². The van der Waals surface area contributed by atoms with E-state index in [4.69, 9.17) is 9.47 Å². The number of benzene rings is 1. The van der Waals surface area contributed by atoms with Crippen molar-refractivity contribution in [3.63, 3.8) is 0 Å². The van der Waals surface area contributed by atoms with Crippen molar-refractivity contribution in [2.75, 3.05) is 50.7 Å². The fourth-order valence-corrected chi connectivity index (χ4v) is 3.33. The lowest BCUT2D eigenvalue weighted by atomic mass is 10.0. The zero-order valence-corrected chi connectivity index (χ0v) is 17.5. The smallest absolute Gasteiger partial charge is 0.421 e. The highest BCUT2D eigenvalue weighted by Crippen LogP contribution is 2.37. The number of carbonyl (C=O) groups is 1. The number of carbonyl (C=O) groups excluding carboxylic acids is 1. The van der Waals surface area contributed by atoms with Crippen LogP contribution in [0.15, 0.2) is 18.3 Å². The maximum Gasteiger partial charge on any atom is 0.421 e. The molecule has 1 saturated heterocycles. The summed E-state index contributed by atoms with van der Waals surface area (Å²) < 4.78 is 63.3. The third kappa shape index (κ3) is 5.36. The number of halogens is 4. The molecule has 1 aromatic heterocycles. The molecule has 0 aliphatic carbocycles. The molecular weight excluding hydrogens is 434 g/mol. The Morgan fingerprint density at radius 1 is 1.38 bits per heavy atom. The summed E-state index contributed by atoms with van der Waals surface area (Å²) in [5.41, 5.74) is 0.878. The number of hydrogen-bond donors (Lipinski definition) is 2. The largest absolute Gasteiger partial charge is 0.489 e. The van der Waals surface area contributed by atoms with E-state index in [1.165, 1.54) is 7.05 Å². The number of morpholine rings is 1. The molecule has 1 fully saturated rings. The van der Waals surface area contributed by atoms with Crippen LogP contribution in [-0.2, 0) is 15.7 Å². The molecule has 1 amide bonds. The van der Waals surface area contributed by atoms with Gasteiger partial charge < -0.3 is 25.0 Å². The predicted molar refractivity (Wildman–Crippen MR) is 109 cm³/mol. The summed E-state index contributed by atoms with van der Waals surface area (Å²) in [5, 5.41) is 5.25. The highest BCUT2D eigenvalue weighted by atomic mass is 19.4. The quantitative estimate of drug-likeness (QED) is 0.464. The number of hydrogen-bond acceptors (Lipinski definition) is 7. The molecule has 8 nitrogen and oxygen atoms in total. The van der Waals surface area contributed by atoms with E-state index < -0.39 is 24.5 Å². The second-order valence-corrected chi connectivity index (χ2v) is 7.03. The Hall–Kier alpha value is -3.15. The van der Waals surface area contributed by atoms with E-state index in [0.717, 1.165) is 17.5 Å². The van der Waals surface area contributed by atoms with Crippen LogP contribution in [0.4, 0.5) is 35.0 Å². The molecule has 2 N–H and O–H groups in total. The molecule has 32 heavy (non-hydrogen) atoms. The van der Waals surface area contributed by atoms with Crippen molar-refractivity contribution in [3.05, 3.63) is 35.0 Å². The van der Waals surface area contributed by atoms with Crippen molar-refractivity contribution in [1.82, 2.24) is 14.9 Å². The summed E-state index contributed by atoms with van der Waals surface area (Å²) in [6, 6.07) is 3.35. The molecule has 0 saturated carbocycles. The first-order valence-corrected chi connectivity index (χ1v) is 9.80. The monoisotopic (exact) mass is 457 g/mol. The standard InChI is InChI=1S/C20H23F4N5O3/c1-12-7-15(27-19-26-9-14(20(22,23)24)18(25-2)28-19)16(31-5-3-21)8-13(12)17-10-29(11-30)4-6-32-17/h7-9,11,17H,3-6,10H2,1-2H3,(H2,25,26,27,28). The molecule has 1 aliphatic rings. The molecular formula is C20H23F4N5O3. The number of amides is 1. The summed E-state index contributed by atoms with van der Waals surface area (Å²) in [6.07, 6.45) is -3.58. The van der Waals surface area contributed by atoms with Gasteiger partial charge in [0.25, 0.3) is 0 Å². The molecule has 174 valence electrons. The van der Waals surface area contributed by atoms with Gasteiger partial charge in [0.05, 0.1) is 18.8 Å². The lowest BCUT2D eigenvalue weighted by Gasteiger charge is -2.31. The normalized spacial score (nSPS) is 16.6. The Bertz CT molecular complexity index is 958. The predicted octanol–water partition coefficient (Wildman–Crippen LogP) is 3.47. The molecule has 2 heterocycles. The minimum atomic E-state index is -4.61. The van der Waals surface area contributed by atoms with Gasteiger partial charge >= 0.3 is 6.18 Å². The zero-order valence-electron chi connectivity index (χ0n) is 17.5. The summed E-state index contributed by atoms with van der Waals surface area (Å²) in [5.74, 6) is -0.232. The van der Waals surface area contributed by atoms with Crippen LogP contribution in [-0.4, -0.2) is 61.3 Å². The van der Waals surface area contributed by atoms with Crippen molar-refractivity contribution in [1.29, 1.82) is 0 Å². The molecule has 0 bridgehead atoms. The number of ether oxygens (including phenoxy) is 2. The van der Waals surface area contributed by atoms with Crippen LogP contribution < -0.4 is 15.4 Å². The average molecular weight is 457 g/mol. The number of nitrogens with zero attached hydrogens (tertiary/aromatic N) is 3. The highest BCUT2D eigenvalue weighted by Gasteiger charge is 2.35. The zero-order chi connectivity index (χ0) is 23.3. The first kappa shape index (κ1) is 23.5. The van der Waals surface area contributed by atoms with Crippen molar-refractivity contribution < 1.29 is 31.8 Å². The molecule has 3 rings (SSSR count). The van der Waals surface area contributed by atoms with Gasteiger partial charge in [0.1, 0.15) is 36.5 Å². The van der Waals surface area contributed by atoms with Crippen LogP contribution >= 0.6 is 0 Å². The summed E-state index contributed by atoms with van der Waals surface area (Å²) in [7, 11) is 1.32. The fraction of sp³-hybridized carbons (Fsp3) is 0.450. The molecule has 1 unspecified atom stereocenters. The van der Waals surface area contributed by atoms with Crippen molar-refractivity contribution in [2.24, 2.45) is 0 Å². The van der Waals surface area contributed by atoms with E-state index in [2.05, 4.69) is 20.6 Å². The maximum atomic E-state index is 13.1. The molecule has 0 spiro atoms. The first-order chi connectivity index (χ1) is 15.3. The molecule has 12 heteroatoms. The Morgan fingerprint density at radius 2 is 2.16 bits per heavy atom. The van der Waals surface area contributed by atoms with Gasteiger partial charge in [-0.2, -0.15) is 18.2 Å². The van der Waals surface area contributed by atoms with Crippen LogP contribution in [0.1, 0.15) is 22.8 Å². The Morgan fingerprint density at radius 3 is 2.81 bits per heavy atom. The number of anilines is 3. The number of aryl methyl sites for hydroxylation is 1. The van der Waals surface area contributed by atoms with Gasteiger partial charge in [-0.05, 0) is 30.2 Å². The van der Waals surface area contributed by atoms with Gasteiger partial charge in [-0.1, -0.05) is 0 Å². The van der Waals surface area contributed by atoms with Crippen LogP contribution in [0, 0.1) is 6.92 Å². The third-order valence-electron chi connectivity index (χ3n) is 4.87. The van der Waals surface area contributed by atoms with E-state index in [-0.39, 0.29) is 24.1 Å². The van der Waals surface area contributed by atoms with E-state index in [0.29, 0.717) is 31.6 Å². The number of nitrogens with one attached hydrogen (secondary N) is 2. The molecule has 2 aromatic rings. The van der Waals surface area contributed by atoms with Crippen molar-refractivity contribution in [3.8, 4) is 5.75 Å². The van der Waals surface area contributed by atoms with E-state index in [1.807, 2.05) is 6.92 Å². The molecule has 1 atom stereocenters. The minimum absolute atomic E-state index is 0.0966. The highest BCUT2D eigenvalue weighted by molar-refractivity contribution is 5.66. The van der Waals surface area contributed by atoms with Gasteiger partial charge in [0.2, 0.25) is 12.4 Å². The average Bonchev–Trinajstić information content (AvgIpc) is 2.77. The van der Waals surface area contributed by atoms with Gasteiger partial charge in [0.15, 0.2) is 0 Å². The van der Waals surface area contributed by atoms with Gasteiger partial charge in [-0.15, -0.1) is 0 Å². The summed E-state index contributed by atoms with van der Waals surface area (Å²) >= 11 is 0. The topological polar surface area (TPSA) is 88.6 Å². The summed E-state index contributed by atoms with van der Waals surface area (Å²) in [4.78, 5) is 20.4. The number of alkyl halides is 4. The molecule has 1 aromatic carbocycles. The van der Waals surface area contributed by atoms with E-state index in [9.17, 15) is 22.4 Å². The second-order valence-electron chi connectivity index (χ2n) is 7.03. The maximum absolute atomic E-state index is 13.1. The van der Waals surface area contributed by atoms with Crippen molar-refractivity contribution in [2.45, 2.75) is 19.2 Å². The van der Waals surface area contributed by atoms with E-state index in [1.54, 1.807) is 17.0 Å². The Kier molecular flexibility index (Phi) is 7.33. The number of rotatable bonds is 8. The first-order valence-electron chi connectivity index (χ1n) is 9.80. The van der Waals surface area contributed by atoms with Gasteiger partial charge in [-0.3, -0.25) is 4.79 Å². The molecule has 1 aliphatic heterocycles. The van der Waals surface area contributed by atoms with Crippen molar-refractivity contribution >= 4 is 23.9 Å². The number of aromatic nitrogens is 2. The molecule has 0 radical (unpaired) electrons. The van der Waals surface area contributed by atoms with Gasteiger partial charge in [0, 0.05) is 19.8 Å². The SMILES string of the molecule is CNc1nc(Nc2cc(C)c(C3CN(C=O)CCO3)cc2OCCF)ncc1C(F)(F)F.